The van der Waals surface area contributed by atoms with E-state index in [1.165, 1.54) is 18.2 Å². The lowest BCUT2D eigenvalue weighted by Gasteiger charge is -2.17. The minimum atomic E-state index is -0.498. The third-order valence-electron chi connectivity index (χ3n) is 5.18. The second-order valence-electron chi connectivity index (χ2n) is 7.79. The monoisotopic (exact) mass is 470 g/mol. The summed E-state index contributed by atoms with van der Waals surface area (Å²) in [7, 11) is 0. The number of hydrogen-bond donors (Lipinski definition) is 1. The van der Waals surface area contributed by atoms with E-state index in [1.54, 1.807) is 30.3 Å². The van der Waals surface area contributed by atoms with Crippen molar-refractivity contribution in [3.63, 3.8) is 0 Å². The Kier molecular flexibility index (Phi) is 8.80. The summed E-state index contributed by atoms with van der Waals surface area (Å²) < 4.78 is 25.1. The molecule has 178 valence electrons. The fourth-order valence-corrected chi connectivity index (χ4v) is 3.45. The molecule has 0 heterocycles. The van der Waals surface area contributed by atoms with E-state index in [9.17, 15) is 14.4 Å². The Labute approximate surface area is 205 Å². The average Bonchev–Trinajstić information content (AvgIpc) is 2.85. The molecule has 3 aromatic rings. The van der Waals surface area contributed by atoms with Crippen LogP contribution >= 0.6 is 0 Å². The number of nitriles is 1. The Morgan fingerprint density at radius 2 is 1.89 bits per heavy atom. The van der Waals surface area contributed by atoms with Gasteiger partial charge in [-0.15, -0.1) is 6.58 Å². The highest BCUT2D eigenvalue weighted by molar-refractivity contribution is 6.10. The maximum Gasteiger partial charge on any atom is 0.266 e. The molecule has 1 N–H and O–H groups in total. The Hall–Kier alpha value is -4.37. The van der Waals surface area contributed by atoms with Gasteiger partial charge in [-0.25, -0.2) is 4.39 Å². The van der Waals surface area contributed by atoms with E-state index in [4.69, 9.17) is 9.47 Å². The van der Waals surface area contributed by atoms with Gasteiger partial charge in [0.1, 0.15) is 24.1 Å². The van der Waals surface area contributed by atoms with E-state index in [0.29, 0.717) is 35.8 Å². The Morgan fingerprint density at radius 1 is 1.14 bits per heavy atom. The molecule has 0 aromatic heterocycles. The van der Waals surface area contributed by atoms with Gasteiger partial charge < -0.3 is 14.8 Å². The standard InChI is InChI=1S/C29H27FN2O3/c1-4-8-23-15-22(16-24(18-31)29(33)32-26-10-7-6-9-20(26)3)17-27(34-5-2)28(23)35-19-21-11-13-25(30)14-12-21/h4,6-7,9-17H,1,5,8,19H2,2-3H3,(H,32,33)/b24-16+. The lowest BCUT2D eigenvalue weighted by atomic mass is 10.0. The SMILES string of the molecule is C=CCc1cc(/C=C(\C#N)C(=O)Nc2ccccc2C)cc(OCC)c1OCc1ccc(F)cc1. The minimum Gasteiger partial charge on any atom is -0.490 e. The summed E-state index contributed by atoms with van der Waals surface area (Å²) in [6.45, 7) is 8.18. The topological polar surface area (TPSA) is 71.4 Å². The van der Waals surface area contributed by atoms with E-state index in [0.717, 1.165) is 16.7 Å². The highest BCUT2D eigenvalue weighted by Gasteiger charge is 2.16. The van der Waals surface area contributed by atoms with Gasteiger partial charge in [-0.05, 0) is 73.4 Å². The van der Waals surface area contributed by atoms with Crippen LogP contribution < -0.4 is 14.8 Å². The fraction of sp³-hybridized carbons (Fsp3) is 0.172. The quantitative estimate of drug-likeness (QED) is 0.212. The normalized spacial score (nSPS) is 10.9. The van der Waals surface area contributed by atoms with Crippen molar-refractivity contribution in [1.29, 1.82) is 5.26 Å². The van der Waals surface area contributed by atoms with Crippen LogP contribution in [-0.4, -0.2) is 12.5 Å². The molecule has 5 nitrogen and oxygen atoms in total. The van der Waals surface area contributed by atoms with Crippen molar-refractivity contribution < 1.29 is 18.7 Å². The van der Waals surface area contributed by atoms with Gasteiger partial charge in [0, 0.05) is 11.3 Å². The molecule has 0 saturated carbocycles. The molecule has 0 unspecified atom stereocenters. The number of rotatable bonds is 10. The molecule has 0 spiro atoms. The van der Waals surface area contributed by atoms with E-state index in [2.05, 4.69) is 11.9 Å². The smallest absolute Gasteiger partial charge is 0.266 e. The predicted octanol–water partition coefficient (Wildman–Crippen LogP) is 6.39. The number of hydrogen-bond acceptors (Lipinski definition) is 4. The first-order valence-corrected chi connectivity index (χ1v) is 11.2. The van der Waals surface area contributed by atoms with Gasteiger partial charge in [0.05, 0.1) is 6.61 Å². The zero-order chi connectivity index (χ0) is 25.2. The van der Waals surface area contributed by atoms with E-state index < -0.39 is 5.91 Å². The minimum absolute atomic E-state index is 0.0414. The lowest BCUT2D eigenvalue weighted by Crippen LogP contribution is -2.14. The van der Waals surface area contributed by atoms with Crippen LogP contribution in [-0.2, 0) is 17.8 Å². The number of carbonyl (C=O) groups excluding carboxylic acids is 1. The van der Waals surface area contributed by atoms with E-state index in [-0.39, 0.29) is 18.0 Å². The molecule has 0 radical (unpaired) electrons. The van der Waals surface area contributed by atoms with Crippen molar-refractivity contribution in [1.82, 2.24) is 0 Å². The van der Waals surface area contributed by atoms with Gasteiger partial charge in [0.25, 0.3) is 5.91 Å². The average molecular weight is 471 g/mol. The Bertz CT molecular complexity index is 1270. The molecule has 0 fully saturated rings. The van der Waals surface area contributed by atoms with Crippen LogP contribution in [0.1, 0.15) is 29.2 Å². The summed E-state index contributed by atoms with van der Waals surface area (Å²) >= 11 is 0. The maximum absolute atomic E-state index is 13.2. The van der Waals surface area contributed by atoms with Crippen LogP contribution in [0, 0.1) is 24.1 Å². The zero-order valence-electron chi connectivity index (χ0n) is 19.8. The third-order valence-corrected chi connectivity index (χ3v) is 5.18. The largest absolute Gasteiger partial charge is 0.490 e. The summed E-state index contributed by atoms with van der Waals surface area (Å²) in [5, 5.41) is 12.4. The van der Waals surface area contributed by atoms with Crippen LogP contribution in [0.4, 0.5) is 10.1 Å². The van der Waals surface area contributed by atoms with Gasteiger partial charge >= 0.3 is 0 Å². The Morgan fingerprint density at radius 3 is 2.54 bits per heavy atom. The number of allylic oxidation sites excluding steroid dienone is 1. The second-order valence-corrected chi connectivity index (χ2v) is 7.79. The molecule has 1 amide bonds. The number of aryl methyl sites for hydroxylation is 1. The summed E-state index contributed by atoms with van der Waals surface area (Å²) in [4.78, 5) is 12.8. The van der Waals surface area contributed by atoms with Gasteiger partial charge in [-0.1, -0.05) is 36.4 Å². The first kappa shape index (κ1) is 25.3. The number of halogens is 1. The maximum atomic E-state index is 13.2. The van der Waals surface area contributed by atoms with Gasteiger partial charge in [-0.2, -0.15) is 5.26 Å². The number of para-hydroxylation sites is 1. The van der Waals surface area contributed by atoms with Crippen LogP contribution in [0.5, 0.6) is 11.5 Å². The van der Waals surface area contributed by atoms with Crippen molar-refractivity contribution in [2.75, 3.05) is 11.9 Å². The van der Waals surface area contributed by atoms with Crippen LogP contribution in [0.3, 0.4) is 0 Å². The van der Waals surface area contributed by atoms with Crippen molar-refractivity contribution in [3.8, 4) is 17.6 Å². The number of benzene rings is 3. The number of amides is 1. The van der Waals surface area contributed by atoms with Crippen LogP contribution in [0.15, 0.2) is 78.9 Å². The zero-order valence-corrected chi connectivity index (χ0v) is 19.8. The summed E-state index contributed by atoms with van der Waals surface area (Å²) in [5.41, 5.74) is 3.72. The molecular weight excluding hydrogens is 443 g/mol. The third kappa shape index (κ3) is 6.81. The number of anilines is 1. The Balaban J connectivity index is 1.93. The molecule has 0 saturated heterocycles. The molecule has 0 bridgehead atoms. The number of carbonyl (C=O) groups is 1. The van der Waals surface area contributed by atoms with Crippen LogP contribution in [0.2, 0.25) is 0 Å². The summed E-state index contributed by atoms with van der Waals surface area (Å²) in [5.74, 6) is 0.210. The molecule has 0 aliphatic rings. The number of ether oxygens (including phenoxy) is 2. The summed E-state index contributed by atoms with van der Waals surface area (Å²) in [6, 6.07) is 19.0. The first-order chi connectivity index (χ1) is 16.9. The second kappa shape index (κ2) is 12.2. The van der Waals surface area contributed by atoms with Crippen molar-refractivity contribution in [2.45, 2.75) is 26.9 Å². The van der Waals surface area contributed by atoms with Crippen molar-refractivity contribution in [2.24, 2.45) is 0 Å². The highest BCUT2D eigenvalue weighted by Crippen LogP contribution is 2.35. The molecule has 3 aromatic carbocycles. The first-order valence-electron chi connectivity index (χ1n) is 11.2. The van der Waals surface area contributed by atoms with Gasteiger partial charge in [0.15, 0.2) is 11.5 Å². The molecule has 0 atom stereocenters. The number of nitrogens with zero attached hydrogens (tertiary/aromatic N) is 1. The van der Waals surface area contributed by atoms with Crippen molar-refractivity contribution in [3.05, 3.63) is 107 Å². The molecule has 0 aliphatic heterocycles. The van der Waals surface area contributed by atoms with Gasteiger partial charge in [0.2, 0.25) is 0 Å². The molecule has 6 heteroatoms. The lowest BCUT2D eigenvalue weighted by molar-refractivity contribution is -0.112. The molecule has 35 heavy (non-hydrogen) atoms. The van der Waals surface area contributed by atoms with E-state index in [1.807, 2.05) is 44.2 Å². The molecule has 0 aliphatic carbocycles. The summed E-state index contributed by atoms with van der Waals surface area (Å²) in [6.07, 6.45) is 3.74. The van der Waals surface area contributed by atoms with Crippen molar-refractivity contribution >= 4 is 17.7 Å². The predicted molar refractivity (Wildman–Crippen MR) is 136 cm³/mol. The van der Waals surface area contributed by atoms with Gasteiger partial charge in [-0.3, -0.25) is 4.79 Å². The highest BCUT2D eigenvalue weighted by atomic mass is 19.1. The molecule has 3 rings (SSSR count). The number of nitrogens with one attached hydrogen (secondary N) is 1. The van der Waals surface area contributed by atoms with Crippen LogP contribution in [0.25, 0.3) is 6.08 Å². The van der Waals surface area contributed by atoms with E-state index >= 15 is 0 Å². The molecular formula is C29H27FN2O3. The fourth-order valence-electron chi connectivity index (χ4n) is 3.45.